The molecular formula is C24H16Cl2N2O3. The van der Waals surface area contributed by atoms with Gasteiger partial charge >= 0.3 is 0 Å². The quantitative estimate of drug-likeness (QED) is 0.383. The molecule has 1 aliphatic rings. The first kappa shape index (κ1) is 19.8. The van der Waals surface area contributed by atoms with E-state index in [1.54, 1.807) is 36.4 Å². The summed E-state index contributed by atoms with van der Waals surface area (Å²) in [5.41, 5.74) is 2.70. The van der Waals surface area contributed by atoms with Gasteiger partial charge in [0.2, 0.25) is 5.76 Å². The van der Waals surface area contributed by atoms with Gasteiger partial charge in [-0.3, -0.25) is 14.5 Å². The van der Waals surface area contributed by atoms with Crippen molar-refractivity contribution >= 4 is 45.9 Å². The highest BCUT2D eigenvalue weighted by atomic mass is 35.5. The SMILES string of the molecule is Cc1ccc2oc3c(c(=O)c2c1)C(c1ccc(Cl)c(Cl)c1)N(c1cccc(C)n1)C3=O. The van der Waals surface area contributed by atoms with Crippen LogP contribution in [0.3, 0.4) is 0 Å². The Balaban J connectivity index is 1.84. The number of carbonyl (C=O) groups is 1. The van der Waals surface area contributed by atoms with Crippen LogP contribution in [0.25, 0.3) is 11.0 Å². The average molecular weight is 451 g/mol. The molecule has 1 unspecified atom stereocenters. The highest BCUT2D eigenvalue weighted by molar-refractivity contribution is 6.42. The van der Waals surface area contributed by atoms with Gasteiger partial charge in [-0.2, -0.15) is 0 Å². The maximum absolute atomic E-state index is 13.6. The smallest absolute Gasteiger partial charge is 0.296 e. The zero-order valence-corrected chi connectivity index (χ0v) is 18.2. The molecule has 5 rings (SSSR count). The zero-order chi connectivity index (χ0) is 21.9. The van der Waals surface area contributed by atoms with Gasteiger partial charge in [-0.05, 0) is 55.8 Å². The average Bonchev–Trinajstić information content (AvgIpc) is 3.03. The summed E-state index contributed by atoms with van der Waals surface area (Å²) in [5, 5.41) is 1.14. The Bertz CT molecular complexity index is 1440. The molecule has 1 aliphatic heterocycles. The normalized spacial score (nSPS) is 15.5. The number of anilines is 1. The van der Waals surface area contributed by atoms with E-state index in [-0.39, 0.29) is 16.8 Å². The molecule has 0 bridgehead atoms. The van der Waals surface area contributed by atoms with E-state index in [2.05, 4.69) is 4.98 Å². The molecule has 2 aromatic carbocycles. The van der Waals surface area contributed by atoms with Crippen molar-refractivity contribution in [1.82, 2.24) is 4.98 Å². The minimum atomic E-state index is -0.743. The lowest BCUT2D eigenvalue weighted by Crippen LogP contribution is -2.30. The molecule has 31 heavy (non-hydrogen) atoms. The van der Waals surface area contributed by atoms with Crippen LogP contribution in [0.15, 0.2) is 63.8 Å². The predicted molar refractivity (Wildman–Crippen MR) is 121 cm³/mol. The molecule has 0 spiro atoms. The summed E-state index contributed by atoms with van der Waals surface area (Å²) in [6.45, 7) is 3.74. The Labute approximate surface area is 187 Å². The van der Waals surface area contributed by atoms with Crippen LogP contribution in [0.5, 0.6) is 0 Å². The van der Waals surface area contributed by atoms with Crippen LogP contribution >= 0.6 is 23.2 Å². The van der Waals surface area contributed by atoms with E-state index in [0.29, 0.717) is 32.4 Å². The van der Waals surface area contributed by atoms with E-state index in [1.165, 1.54) is 4.90 Å². The van der Waals surface area contributed by atoms with Crippen LogP contribution in [0.4, 0.5) is 5.82 Å². The van der Waals surface area contributed by atoms with Crippen LogP contribution in [0.2, 0.25) is 10.0 Å². The second-order valence-electron chi connectivity index (χ2n) is 7.56. The summed E-state index contributed by atoms with van der Waals surface area (Å²) in [4.78, 5) is 33.1. The third-order valence-electron chi connectivity index (χ3n) is 5.41. The second-order valence-corrected chi connectivity index (χ2v) is 8.38. The maximum Gasteiger partial charge on any atom is 0.296 e. The number of nitrogens with zero attached hydrogens (tertiary/aromatic N) is 2. The second kappa shape index (κ2) is 7.22. The van der Waals surface area contributed by atoms with E-state index in [0.717, 1.165) is 11.3 Å². The van der Waals surface area contributed by atoms with Gasteiger partial charge in [0.1, 0.15) is 11.4 Å². The van der Waals surface area contributed by atoms with Crippen molar-refractivity contribution in [3.63, 3.8) is 0 Å². The summed E-state index contributed by atoms with van der Waals surface area (Å²) in [5.74, 6) is 0.0107. The molecule has 2 aromatic heterocycles. The number of aryl methyl sites for hydroxylation is 2. The highest BCUT2D eigenvalue weighted by Gasteiger charge is 2.44. The number of rotatable bonds is 2. The Hall–Kier alpha value is -3.15. The summed E-state index contributed by atoms with van der Waals surface area (Å²) in [6, 6.07) is 15.0. The van der Waals surface area contributed by atoms with Crippen LogP contribution in [0.1, 0.15) is 39.0 Å². The van der Waals surface area contributed by atoms with Crippen molar-refractivity contribution in [3.8, 4) is 0 Å². The van der Waals surface area contributed by atoms with Crippen molar-refractivity contribution < 1.29 is 9.21 Å². The molecule has 0 aliphatic carbocycles. The van der Waals surface area contributed by atoms with Crippen molar-refractivity contribution in [2.24, 2.45) is 0 Å². The van der Waals surface area contributed by atoms with Crippen LogP contribution in [-0.4, -0.2) is 10.9 Å². The molecule has 0 fully saturated rings. The summed E-state index contributed by atoms with van der Waals surface area (Å²) >= 11 is 12.4. The Morgan fingerprint density at radius 1 is 0.968 bits per heavy atom. The molecule has 1 atom stereocenters. The number of pyridine rings is 1. The molecule has 4 aromatic rings. The standard InChI is InChI=1S/C24H16Cl2N2O3/c1-12-6-9-18-15(10-12)22(29)20-21(14-7-8-16(25)17(26)11-14)28(24(30)23(20)31-18)19-5-3-4-13(2)27-19/h3-11,21H,1-2H3. The lowest BCUT2D eigenvalue weighted by molar-refractivity contribution is 0.0970. The van der Waals surface area contributed by atoms with Crippen molar-refractivity contribution in [1.29, 1.82) is 0 Å². The number of hydrogen-bond donors (Lipinski definition) is 0. The molecule has 0 N–H and O–H groups in total. The molecule has 0 saturated heterocycles. The minimum absolute atomic E-state index is 0.0146. The lowest BCUT2D eigenvalue weighted by atomic mass is 9.98. The highest BCUT2D eigenvalue weighted by Crippen LogP contribution is 2.41. The number of fused-ring (bicyclic) bond motifs is 2. The van der Waals surface area contributed by atoms with E-state index in [4.69, 9.17) is 27.6 Å². The van der Waals surface area contributed by atoms with Gasteiger partial charge < -0.3 is 4.42 Å². The van der Waals surface area contributed by atoms with E-state index in [1.807, 2.05) is 32.0 Å². The molecular weight excluding hydrogens is 435 g/mol. The van der Waals surface area contributed by atoms with Crippen molar-refractivity contribution in [3.05, 3.63) is 103 Å². The lowest BCUT2D eigenvalue weighted by Gasteiger charge is -2.24. The fourth-order valence-corrected chi connectivity index (χ4v) is 4.29. The van der Waals surface area contributed by atoms with E-state index < -0.39 is 11.9 Å². The van der Waals surface area contributed by atoms with Crippen LogP contribution in [0, 0.1) is 13.8 Å². The van der Waals surface area contributed by atoms with Crippen molar-refractivity contribution in [2.45, 2.75) is 19.9 Å². The molecule has 5 nitrogen and oxygen atoms in total. The zero-order valence-electron chi connectivity index (χ0n) is 16.6. The van der Waals surface area contributed by atoms with Gasteiger partial charge in [-0.15, -0.1) is 0 Å². The predicted octanol–water partition coefficient (Wildman–Crippen LogP) is 5.86. The fraction of sp³-hybridized carbons (Fsp3) is 0.125. The minimum Gasteiger partial charge on any atom is -0.450 e. The summed E-state index contributed by atoms with van der Waals surface area (Å²) < 4.78 is 5.96. The summed E-state index contributed by atoms with van der Waals surface area (Å²) in [6.07, 6.45) is 0. The molecule has 3 heterocycles. The Kier molecular flexibility index (Phi) is 4.61. The molecule has 0 radical (unpaired) electrons. The van der Waals surface area contributed by atoms with Gasteiger partial charge in [0.05, 0.1) is 27.0 Å². The van der Waals surface area contributed by atoms with Gasteiger partial charge in [-0.1, -0.05) is 47.0 Å². The Morgan fingerprint density at radius 3 is 2.52 bits per heavy atom. The maximum atomic E-state index is 13.6. The molecule has 1 amide bonds. The van der Waals surface area contributed by atoms with Gasteiger partial charge in [0.25, 0.3) is 5.91 Å². The van der Waals surface area contributed by atoms with Crippen molar-refractivity contribution in [2.75, 3.05) is 4.90 Å². The first-order valence-electron chi connectivity index (χ1n) is 9.64. The number of amides is 1. The number of hydrogen-bond acceptors (Lipinski definition) is 4. The first-order valence-corrected chi connectivity index (χ1v) is 10.4. The van der Waals surface area contributed by atoms with E-state index in [9.17, 15) is 9.59 Å². The van der Waals surface area contributed by atoms with E-state index >= 15 is 0 Å². The number of benzene rings is 2. The molecule has 0 saturated carbocycles. The third-order valence-corrected chi connectivity index (χ3v) is 6.14. The largest absolute Gasteiger partial charge is 0.450 e. The van der Waals surface area contributed by atoms with Crippen LogP contribution in [-0.2, 0) is 0 Å². The van der Waals surface area contributed by atoms with Gasteiger partial charge in [-0.25, -0.2) is 4.98 Å². The first-order chi connectivity index (χ1) is 14.8. The van der Waals surface area contributed by atoms with Gasteiger partial charge in [0, 0.05) is 5.69 Å². The fourth-order valence-electron chi connectivity index (χ4n) is 3.98. The number of carbonyl (C=O) groups excluding carboxylic acids is 1. The molecule has 7 heteroatoms. The monoisotopic (exact) mass is 450 g/mol. The van der Waals surface area contributed by atoms with Gasteiger partial charge in [0.15, 0.2) is 5.43 Å². The third kappa shape index (κ3) is 3.12. The topological polar surface area (TPSA) is 63.4 Å². The van der Waals surface area contributed by atoms with Crippen LogP contribution < -0.4 is 10.3 Å². The number of halogens is 2. The summed E-state index contributed by atoms with van der Waals surface area (Å²) in [7, 11) is 0. The Morgan fingerprint density at radius 2 is 1.77 bits per heavy atom. The number of aromatic nitrogens is 1. The molecule has 154 valence electrons.